The Morgan fingerprint density at radius 3 is 2.50 bits per heavy atom. The predicted octanol–water partition coefficient (Wildman–Crippen LogP) is 4.45. The highest BCUT2D eigenvalue weighted by Gasteiger charge is 2.17. The lowest BCUT2D eigenvalue weighted by atomic mass is 10.1. The lowest BCUT2D eigenvalue weighted by Gasteiger charge is -2.08. The average molecular weight is 315 g/mol. The molecule has 0 amide bonds. The summed E-state index contributed by atoms with van der Waals surface area (Å²) in [4.78, 5) is 9.03. The molecule has 0 bridgehead atoms. The van der Waals surface area contributed by atoms with Crippen molar-refractivity contribution in [1.82, 2.24) is 14.5 Å². The van der Waals surface area contributed by atoms with Gasteiger partial charge in [-0.25, -0.2) is 4.98 Å². The number of furan rings is 1. The van der Waals surface area contributed by atoms with Crippen LogP contribution in [0.15, 0.2) is 83.9 Å². The predicted molar refractivity (Wildman–Crippen MR) is 93.3 cm³/mol. The van der Waals surface area contributed by atoms with Crippen LogP contribution in [-0.4, -0.2) is 14.5 Å². The molecule has 4 rings (SSSR count). The Hall–Kier alpha value is -3.14. The van der Waals surface area contributed by atoms with Gasteiger partial charge in [0.1, 0.15) is 5.69 Å². The fourth-order valence-electron chi connectivity index (χ4n) is 2.81. The smallest absolute Gasteiger partial charge is 0.152 e. The summed E-state index contributed by atoms with van der Waals surface area (Å²) in [6, 6.07) is 20.1. The molecular weight excluding hydrogens is 298 g/mol. The van der Waals surface area contributed by atoms with Crippen molar-refractivity contribution in [3.8, 4) is 22.7 Å². The van der Waals surface area contributed by atoms with Crippen LogP contribution in [0, 0.1) is 0 Å². The van der Waals surface area contributed by atoms with Crippen molar-refractivity contribution >= 4 is 0 Å². The lowest BCUT2D eigenvalue weighted by Crippen LogP contribution is -2.03. The second kappa shape index (κ2) is 6.54. The SMILES string of the molecule is c1ccc(-c2ncn(CCc3ccccn3)c2-c2ccco2)cc1. The van der Waals surface area contributed by atoms with Gasteiger partial charge in [-0.05, 0) is 24.3 Å². The van der Waals surface area contributed by atoms with E-state index < -0.39 is 0 Å². The van der Waals surface area contributed by atoms with Crippen LogP contribution in [0.1, 0.15) is 5.69 Å². The van der Waals surface area contributed by atoms with E-state index in [2.05, 4.69) is 26.7 Å². The van der Waals surface area contributed by atoms with E-state index in [4.69, 9.17) is 4.42 Å². The summed E-state index contributed by atoms with van der Waals surface area (Å²) in [6.07, 6.45) is 6.24. The first-order valence-electron chi connectivity index (χ1n) is 7.96. The van der Waals surface area contributed by atoms with Crippen LogP contribution in [-0.2, 0) is 13.0 Å². The van der Waals surface area contributed by atoms with Gasteiger partial charge in [-0.2, -0.15) is 0 Å². The first kappa shape index (κ1) is 14.5. The monoisotopic (exact) mass is 315 g/mol. The van der Waals surface area contributed by atoms with Crippen LogP contribution >= 0.6 is 0 Å². The molecule has 0 saturated carbocycles. The van der Waals surface area contributed by atoms with Gasteiger partial charge in [0.25, 0.3) is 0 Å². The molecule has 0 atom stereocenters. The normalized spacial score (nSPS) is 10.8. The summed E-state index contributed by atoms with van der Waals surface area (Å²) in [5.74, 6) is 0.826. The maximum absolute atomic E-state index is 5.66. The van der Waals surface area contributed by atoms with Gasteiger partial charge in [0, 0.05) is 30.4 Å². The van der Waals surface area contributed by atoms with E-state index in [1.54, 1.807) is 6.26 Å². The standard InChI is InChI=1S/C20H17N3O/c1-2-7-16(8-3-1)19-20(18-10-6-14-24-18)23(15-22-19)13-11-17-9-4-5-12-21-17/h1-10,12,14-15H,11,13H2. The summed E-state index contributed by atoms with van der Waals surface area (Å²) in [6.45, 7) is 0.798. The Morgan fingerprint density at radius 2 is 1.75 bits per heavy atom. The third-order valence-electron chi connectivity index (χ3n) is 3.97. The van der Waals surface area contributed by atoms with E-state index in [-0.39, 0.29) is 0 Å². The molecule has 0 aliphatic heterocycles. The van der Waals surface area contributed by atoms with Crippen molar-refractivity contribution in [2.45, 2.75) is 13.0 Å². The Balaban J connectivity index is 1.71. The molecule has 4 nitrogen and oxygen atoms in total. The van der Waals surface area contributed by atoms with Gasteiger partial charge >= 0.3 is 0 Å². The molecular formula is C20H17N3O. The summed E-state index contributed by atoms with van der Waals surface area (Å²) in [5, 5.41) is 0. The molecule has 0 unspecified atom stereocenters. The van der Waals surface area contributed by atoms with Gasteiger partial charge in [0.05, 0.1) is 18.3 Å². The zero-order valence-electron chi connectivity index (χ0n) is 13.2. The fourth-order valence-corrected chi connectivity index (χ4v) is 2.81. The molecule has 0 aliphatic rings. The molecule has 4 aromatic rings. The number of aromatic nitrogens is 3. The Morgan fingerprint density at radius 1 is 0.875 bits per heavy atom. The van der Waals surface area contributed by atoms with Crippen molar-refractivity contribution < 1.29 is 4.42 Å². The van der Waals surface area contributed by atoms with Gasteiger partial charge in [0.2, 0.25) is 0 Å². The van der Waals surface area contributed by atoms with Gasteiger partial charge in [0.15, 0.2) is 5.76 Å². The number of benzene rings is 1. The van der Waals surface area contributed by atoms with Crippen molar-refractivity contribution in [3.63, 3.8) is 0 Å². The number of imidazole rings is 1. The lowest BCUT2D eigenvalue weighted by molar-refractivity contribution is 0.571. The third kappa shape index (κ3) is 2.86. The van der Waals surface area contributed by atoms with Crippen LogP contribution < -0.4 is 0 Å². The molecule has 3 heterocycles. The summed E-state index contributed by atoms with van der Waals surface area (Å²) in [5.41, 5.74) is 4.09. The molecule has 3 aromatic heterocycles. The van der Waals surface area contributed by atoms with E-state index >= 15 is 0 Å². The zero-order chi connectivity index (χ0) is 16.2. The molecule has 0 fully saturated rings. The van der Waals surface area contributed by atoms with E-state index in [9.17, 15) is 0 Å². The quantitative estimate of drug-likeness (QED) is 0.546. The minimum Gasteiger partial charge on any atom is -0.463 e. The number of aryl methyl sites for hydroxylation is 2. The van der Waals surface area contributed by atoms with E-state index in [0.29, 0.717) is 0 Å². The third-order valence-corrected chi connectivity index (χ3v) is 3.97. The summed E-state index contributed by atoms with van der Waals surface area (Å²) >= 11 is 0. The number of rotatable bonds is 5. The number of nitrogens with zero attached hydrogens (tertiary/aromatic N) is 3. The largest absolute Gasteiger partial charge is 0.463 e. The molecule has 0 N–H and O–H groups in total. The summed E-state index contributed by atoms with van der Waals surface area (Å²) in [7, 11) is 0. The maximum Gasteiger partial charge on any atom is 0.152 e. The minimum atomic E-state index is 0.798. The van der Waals surface area contributed by atoms with Gasteiger partial charge < -0.3 is 8.98 Å². The number of pyridine rings is 1. The fraction of sp³-hybridized carbons (Fsp3) is 0.100. The summed E-state index contributed by atoms with van der Waals surface area (Å²) < 4.78 is 7.79. The van der Waals surface area contributed by atoms with Crippen LogP contribution in [0.5, 0.6) is 0 Å². The molecule has 1 aromatic carbocycles. The molecule has 0 spiro atoms. The van der Waals surface area contributed by atoms with Crippen LogP contribution in [0.3, 0.4) is 0 Å². The highest BCUT2D eigenvalue weighted by atomic mass is 16.3. The van der Waals surface area contributed by atoms with Crippen molar-refractivity contribution in [2.24, 2.45) is 0 Å². The molecule has 118 valence electrons. The van der Waals surface area contributed by atoms with Gasteiger partial charge in [-0.15, -0.1) is 0 Å². The van der Waals surface area contributed by atoms with E-state index in [0.717, 1.165) is 41.4 Å². The second-order valence-corrected chi connectivity index (χ2v) is 5.55. The van der Waals surface area contributed by atoms with E-state index in [1.807, 2.05) is 61.1 Å². The van der Waals surface area contributed by atoms with Gasteiger partial charge in [-0.1, -0.05) is 36.4 Å². The highest BCUT2D eigenvalue weighted by molar-refractivity contribution is 5.76. The van der Waals surface area contributed by atoms with Crippen LogP contribution in [0.2, 0.25) is 0 Å². The minimum absolute atomic E-state index is 0.798. The number of hydrogen-bond donors (Lipinski definition) is 0. The van der Waals surface area contributed by atoms with Crippen molar-refractivity contribution in [3.05, 3.63) is 85.1 Å². The Kier molecular flexibility index (Phi) is 3.94. The van der Waals surface area contributed by atoms with Crippen LogP contribution in [0.4, 0.5) is 0 Å². The zero-order valence-corrected chi connectivity index (χ0v) is 13.2. The van der Waals surface area contributed by atoms with Crippen molar-refractivity contribution in [1.29, 1.82) is 0 Å². The first-order valence-corrected chi connectivity index (χ1v) is 7.96. The molecule has 0 radical (unpaired) electrons. The Labute approximate surface area is 140 Å². The van der Waals surface area contributed by atoms with Crippen molar-refractivity contribution in [2.75, 3.05) is 0 Å². The molecule has 0 saturated heterocycles. The van der Waals surface area contributed by atoms with Gasteiger partial charge in [-0.3, -0.25) is 4.98 Å². The number of hydrogen-bond acceptors (Lipinski definition) is 3. The molecule has 4 heteroatoms. The molecule has 0 aliphatic carbocycles. The highest BCUT2D eigenvalue weighted by Crippen LogP contribution is 2.31. The maximum atomic E-state index is 5.66. The van der Waals surface area contributed by atoms with E-state index in [1.165, 1.54) is 0 Å². The average Bonchev–Trinajstić information content (AvgIpc) is 3.31. The Bertz CT molecular complexity index is 897. The second-order valence-electron chi connectivity index (χ2n) is 5.55. The topological polar surface area (TPSA) is 43.9 Å². The first-order chi connectivity index (χ1) is 11.9. The van der Waals surface area contributed by atoms with Crippen LogP contribution in [0.25, 0.3) is 22.7 Å². The molecule has 24 heavy (non-hydrogen) atoms.